The number of halogens is 1. The number of nitrogen functional groups attached to an aromatic ring is 1. The second-order valence-electron chi connectivity index (χ2n) is 3.48. The van der Waals surface area contributed by atoms with Crippen LogP contribution >= 0.6 is 11.6 Å². The molecular weight excluding hydrogens is 224 g/mol. The van der Waals surface area contributed by atoms with Crippen LogP contribution in [0.25, 0.3) is 11.3 Å². The Morgan fingerprint density at radius 3 is 2.44 bits per heavy atom. The van der Waals surface area contributed by atoms with Gasteiger partial charge in [0, 0.05) is 11.1 Å². The lowest BCUT2D eigenvalue weighted by Crippen LogP contribution is -2.10. The molecule has 0 amide bonds. The number of nitrogens with two attached hydrogens (primary N) is 1. The average Bonchev–Trinajstić information content (AvgIpc) is 2.58. The van der Waals surface area contributed by atoms with Gasteiger partial charge >= 0.3 is 0 Å². The summed E-state index contributed by atoms with van der Waals surface area (Å²) >= 11 is 6.00. The SMILES string of the molecule is Cc1nc(-c2ccc(C(=N)N)cc2)c(Cl)[nH]1. The Bertz CT molecular complexity index is 527. The molecule has 0 radical (unpaired) electrons. The monoisotopic (exact) mass is 234 g/mol. The van der Waals surface area contributed by atoms with Gasteiger partial charge in [-0.2, -0.15) is 0 Å². The van der Waals surface area contributed by atoms with E-state index in [-0.39, 0.29) is 5.84 Å². The Balaban J connectivity index is 2.42. The minimum atomic E-state index is 0.0517. The molecule has 0 aliphatic rings. The highest BCUT2D eigenvalue weighted by molar-refractivity contribution is 6.31. The van der Waals surface area contributed by atoms with Crippen LogP contribution in [-0.4, -0.2) is 15.8 Å². The van der Waals surface area contributed by atoms with E-state index in [0.29, 0.717) is 16.4 Å². The second kappa shape index (κ2) is 3.98. The molecule has 0 bridgehead atoms. The molecule has 0 aliphatic carbocycles. The number of nitrogens with zero attached hydrogens (tertiary/aromatic N) is 1. The number of H-pyrrole nitrogens is 1. The predicted octanol–water partition coefficient (Wildman–Crippen LogP) is 2.32. The summed E-state index contributed by atoms with van der Waals surface area (Å²) in [6, 6.07) is 7.24. The molecule has 82 valence electrons. The first-order chi connectivity index (χ1) is 7.58. The van der Waals surface area contributed by atoms with Gasteiger partial charge in [-0.25, -0.2) is 4.98 Å². The summed E-state index contributed by atoms with van der Waals surface area (Å²) in [6.07, 6.45) is 0. The predicted molar refractivity (Wildman–Crippen MR) is 64.8 cm³/mol. The maximum absolute atomic E-state index is 7.29. The molecule has 4 N–H and O–H groups in total. The minimum absolute atomic E-state index is 0.0517. The van der Waals surface area contributed by atoms with Crippen molar-refractivity contribution < 1.29 is 0 Å². The molecule has 2 rings (SSSR count). The van der Waals surface area contributed by atoms with Crippen molar-refractivity contribution in [3.8, 4) is 11.3 Å². The molecule has 1 heterocycles. The molecule has 0 saturated carbocycles. The van der Waals surface area contributed by atoms with Gasteiger partial charge in [-0.1, -0.05) is 35.9 Å². The zero-order chi connectivity index (χ0) is 11.7. The molecule has 2 aromatic rings. The first-order valence-corrected chi connectivity index (χ1v) is 5.12. The number of aryl methyl sites for hydroxylation is 1. The molecule has 0 saturated heterocycles. The number of amidine groups is 1. The number of benzene rings is 1. The summed E-state index contributed by atoms with van der Waals surface area (Å²) in [5, 5.41) is 7.81. The van der Waals surface area contributed by atoms with E-state index in [9.17, 15) is 0 Å². The highest BCUT2D eigenvalue weighted by Crippen LogP contribution is 2.25. The van der Waals surface area contributed by atoms with Gasteiger partial charge in [-0.05, 0) is 6.92 Å². The van der Waals surface area contributed by atoms with Crippen molar-refractivity contribution in [1.82, 2.24) is 9.97 Å². The molecule has 1 aromatic carbocycles. The van der Waals surface area contributed by atoms with E-state index >= 15 is 0 Å². The van der Waals surface area contributed by atoms with Crippen LogP contribution < -0.4 is 5.73 Å². The molecule has 16 heavy (non-hydrogen) atoms. The van der Waals surface area contributed by atoms with Crippen molar-refractivity contribution in [3.63, 3.8) is 0 Å². The van der Waals surface area contributed by atoms with E-state index in [1.165, 1.54) is 0 Å². The lowest BCUT2D eigenvalue weighted by atomic mass is 10.1. The fraction of sp³-hybridized carbons (Fsp3) is 0.0909. The normalized spacial score (nSPS) is 10.4. The van der Waals surface area contributed by atoms with E-state index in [1.807, 2.05) is 19.1 Å². The summed E-state index contributed by atoms with van der Waals surface area (Å²) in [6.45, 7) is 1.85. The molecule has 4 nitrogen and oxygen atoms in total. The van der Waals surface area contributed by atoms with Crippen molar-refractivity contribution in [2.24, 2.45) is 5.73 Å². The molecule has 1 aromatic heterocycles. The Kier molecular flexibility index (Phi) is 2.66. The van der Waals surface area contributed by atoms with Gasteiger partial charge in [0.15, 0.2) is 0 Å². The van der Waals surface area contributed by atoms with Crippen molar-refractivity contribution in [3.05, 3.63) is 40.8 Å². The van der Waals surface area contributed by atoms with Crippen LogP contribution in [0.3, 0.4) is 0 Å². The smallest absolute Gasteiger partial charge is 0.134 e. The second-order valence-corrected chi connectivity index (χ2v) is 3.85. The van der Waals surface area contributed by atoms with Gasteiger partial charge < -0.3 is 10.7 Å². The van der Waals surface area contributed by atoms with Crippen molar-refractivity contribution in [1.29, 1.82) is 5.41 Å². The van der Waals surface area contributed by atoms with E-state index in [4.69, 9.17) is 22.7 Å². The summed E-state index contributed by atoms with van der Waals surface area (Å²) in [7, 11) is 0. The van der Waals surface area contributed by atoms with Crippen LogP contribution in [0.4, 0.5) is 0 Å². The maximum atomic E-state index is 7.29. The number of nitrogens with one attached hydrogen (secondary N) is 2. The third-order valence-electron chi connectivity index (χ3n) is 2.25. The number of hydrogen-bond acceptors (Lipinski definition) is 2. The molecule has 0 unspecified atom stereocenters. The van der Waals surface area contributed by atoms with Crippen molar-refractivity contribution in [2.45, 2.75) is 6.92 Å². The lowest BCUT2D eigenvalue weighted by molar-refractivity contribution is 1.15. The van der Waals surface area contributed by atoms with Crippen LogP contribution in [0.5, 0.6) is 0 Å². The first kappa shape index (κ1) is 10.7. The largest absolute Gasteiger partial charge is 0.384 e. The summed E-state index contributed by atoms with van der Waals surface area (Å²) in [4.78, 5) is 7.21. The molecular formula is C11H11ClN4. The fourth-order valence-electron chi connectivity index (χ4n) is 1.46. The van der Waals surface area contributed by atoms with Crippen LogP contribution in [0.1, 0.15) is 11.4 Å². The number of aromatic amines is 1. The highest BCUT2D eigenvalue weighted by atomic mass is 35.5. The van der Waals surface area contributed by atoms with Gasteiger partial charge in [0.05, 0.1) is 0 Å². The van der Waals surface area contributed by atoms with Gasteiger partial charge in [-0.15, -0.1) is 0 Å². The highest BCUT2D eigenvalue weighted by Gasteiger charge is 2.08. The van der Waals surface area contributed by atoms with Crippen molar-refractivity contribution in [2.75, 3.05) is 0 Å². The van der Waals surface area contributed by atoms with E-state index in [0.717, 1.165) is 11.4 Å². The third kappa shape index (κ3) is 1.92. The third-order valence-corrected chi connectivity index (χ3v) is 2.52. The topological polar surface area (TPSA) is 78.6 Å². The van der Waals surface area contributed by atoms with Crippen molar-refractivity contribution >= 4 is 17.4 Å². The summed E-state index contributed by atoms with van der Waals surface area (Å²) in [5.41, 5.74) is 7.68. The zero-order valence-corrected chi connectivity index (χ0v) is 9.47. The Morgan fingerprint density at radius 2 is 2.00 bits per heavy atom. The first-order valence-electron chi connectivity index (χ1n) is 4.75. The van der Waals surface area contributed by atoms with Crippen LogP contribution in [0.2, 0.25) is 5.15 Å². The molecule has 5 heteroatoms. The summed E-state index contributed by atoms with van der Waals surface area (Å²) in [5.74, 6) is 0.825. The molecule has 0 spiro atoms. The van der Waals surface area contributed by atoms with Gasteiger partial charge in [-0.3, -0.25) is 5.41 Å². The quantitative estimate of drug-likeness (QED) is 0.551. The minimum Gasteiger partial charge on any atom is -0.384 e. The molecule has 0 aliphatic heterocycles. The summed E-state index contributed by atoms with van der Waals surface area (Å²) < 4.78 is 0. The van der Waals surface area contributed by atoms with E-state index < -0.39 is 0 Å². The standard InChI is InChI=1S/C11H11ClN4/c1-6-15-9(10(12)16-6)7-2-4-8(5-3-7)11(13)14/h2-5H,1H3,(H3,13,14)(H,15,16). The van der Waals surface area contributed by atoms with Gasteiger partial charge in [0.25, 0.3) is 0 Å². The molecule has 0 fully saturated rings. The Labute approximate surface area is 98.0 Å². The van der Waals surface area contributed by atoms with Gasteiger partial charge in [0.1, 0.15) is 22.5 Å². The number of rotatable bonds is 2. The van der Waals surface area contributed by atoms with E-state index in [1.54, 1.807) is 12.1 Å². The number of imidazole rings is 1. The maximum Gasteiger partial charge on any atom is 0.134 e. The fourth-order valence-corrected chi connectivity index (χ4v) is 1.75. The van der Waals surface area contributed by atoms with Crippen LogP contribution in [0.15, 0.2) is 24.3 Å². The van der Waals surface area contributed by atoms with Gasteiger partial charge in [0.2, 0.25) is 0 Å². The number of hydrogen-bond donors (Lipinski definition) is 3. The molecule has 0 atom stereocenters. The zero-order valence-electron chi connectivity index (χ0n) is 8.71. The Hall–Kier alpha value is -1.81. The number of aromatic nitrogens is 2. The Morgan fingerprint density at radius 1 is 1.38 bits per heavy atom. The average molecular weight is 235 g/mol. The lowest BCUT2D eigenvalue weighted by Gasteiger charge is -2.00. The van der Waals surface area contributed by atoms with Crippen LogP contribution in [-0.2, 0) is 0 Å². The van der Waals surface area contributed by atoms with Crippen LogP contribution in [0, 0.1) is 12.3 Å². The van der Waals surface area contributed by atoms with E-state index in [2.05, 4.69) is 9.97 Å².